The third-order valence-electron chi connectivity index (χ3n) is 4.38. The second-order valence-electron chi connectivity index (χ2n) is 5.66. The molecule has 0 spiro atoms. The van der Waals surface area contributed by atoms with E-state index in [0.29, 0.717) is 12.3 Å². The molecule has 0 aromatic heterocycles. The maximum absolute atomic E-state index is 12.1. The van der Waals surface area contributed by atoms with Crippen LogP contribution in [0.5, 0.6) is 5.75 Å². The van der Waals surface area contributed by atoms with E-state index in [4.69, 9.17) is 4.74 Å². The van der Waals surface area contributed by atoms with Crippen LogP contribution in [-0.2, 0) is 11.2 Å². The van der Waals surface area contributed by atoms with Gasteiger partial charge in [-0.1, -0.05) is 6.07 Å². The minimum atomic E-state index is 0.291. The highest BCUT2D eigenvalue weighted by Crippen LogP contribution is 2.25. The molecular formula is C17H26N2O2. The molecule has 1 fully saturated rings. The van der Waals surface area contributed by atoms with Crippen molar-refractivity contribution in [3.63, 3.8) is 0 Å². The Balaban J connectivity index is 1.86. The molecule has 2 rings (SSSR count). The summed E-state index contributed by atoms with van der Waals surface area (Å²) in [5.74, 6) is 1.23. The third kappa shape index (κ3) is 3.97. The molecule has 0 saturated carbocycles. The molecule has 116 valence electrons. The van der Waals surface area contributed by atoms with Crippen LogP contribution < -0.4 is 10.1 Å². The molecule has 1 aromatic carbocycles. The van der Waals surface area contributed by atoms with Crippen LogP contribution in [0.15, 0.2) is 12.1 Å². The maximum Gasteiger partial charge on any atom is 0.222 e. The second kappa shape index (κ2) is 7.46. The molecule has 0 aliphatic carbocycles. The first-order valence-electron chi connectivity index (χ1n) is 7.75. The van der Waals surface area contributed by atoms with Gasteiger partial charge in [-0.25, -0.2) is 0 Å². The van der Waals surface area contributed by atoms with Gasteiger partial charge in [-0.15, -0.1) is 0 Å². The Morgan fingerprint density at radius 3 is 2.62 bits per heavy atom. The molecular weight excluding hydrogens is 264 g/mol. The predicted octanol–water partition coefficient (Wildman–Crippen LogP) is 2.07. The fraction of sp³-hybridized carbons (Fsp3) is 0.588. The zero-order chi connectivity index (χ0) is 15.2. The van der Waals surface area contributed by atoms with Gasteiger partial charge in [-0.2, -0.15) is 0 Å². The number of methoxy groups -OCH3 is 1. The van der Waals surface area contributed by atoms with E-state index in [1.807, 2.05) is 11.0 Å². The molecule has 1 aliphatic heterocycles. The van der Waals surface area contributed by atoms with Gasteiger partial charge in [-0.3, -0.25) is 4.79 Å². The summed E-state index contributed by atoms with van der Waals surface area (Å²) < 4.78 is 5.34. The molecule has 1 amide bonds. The maximum atomic E-state index is 12.1. The number of carbonyl (C=O) groups excluding carboxylic acids is 1. The molecule has 0 atom stereocenters. The molecule has 1 saturated heterocycles. The predicted molar refractivity (Wildman–Crippen MR) is 84.9 cm³/mol. The summed E-state index contributed by atoms with van der Waals surface area (Å²) in [5.41, 5.74) is 3.80. The Hall–Kier alpha value is -1.55. The van der Waals surface area contributed by atoms with Gasteiger partial charge in [-0.05, 0) is 49.4 Å². The first-order chi connectivity index (χ1) is 10.1. The summed E-state index contributed by atoms with van der Waals surface area (Å²) in [4.78, 5) is 14.1. The average Bonchev–Trinajstić information content (AvgIpc) is 2.52. The molecule has 21 heavy (non-hydrogen) atoms. The van der Waals surface area contributed by atoms with Crippen molar-refractivity contribution >= 4 is 5.91 Å². The molecule has 0 bridgehead atoms. The van der Waals surface area contributed by atoms with Crippen LogP contribution in [0.1, 0.15) is 29.5 Å². The molecule has 1 aromatic rings. The summed E-state index contributed by atoms with van der Waals surface area (Å²) in [6.45, 7) is 7.75. The van der Waals surface area contributed by atoms with Gasteiger partial charge >= 0.3 is 0 Å². The minimum Gasteiger partial charge on any atom is -0.496 e. The number of nitrogens with zero attached hydrogens (tertiary/aromatic N) is 1. The number of benzene rings is 1. The van der Waals surface area contributed by atoms with E-state index in [-0.39, 0.29) is 0 Å². The quantitative estimate of drug-likeness (QED) is 0.902. The number of rotatable bonds is 5. The number of ether oxygens (including phenoxy) is 1. The van der Waals surface area contributed by atoms with E-state index in [1.165, 1.54) is 16.7 Å². The third-order valence-corrected chi connectivity index (χ3v) is 4.38. The standard InChI is InChI=1S/C17H26N2O2/c1-13-14(2)16(21-3)8-7-15(13)5-4-6-17(20)19-11-9-18-10-12-19/h7-8,18H,4-6,9-12H2,1-3H3. The number of piperazine rings is 1. The summed E-state index contributed by atoms with van der Waals surface area (Å²) in [7, 11) is 1.70. The van der Waals surface area contributed by atoms with Gasteiger partial charge in [0.2, 0.25) is 5.91 Å². The van der Waals surface area contributed by atoms with E-state index in [2.05, 4.69) is 25.2 Å². The smallest absolute Gasteiger partial charge is 0.222 e. The molecule has 1 N–H and O–H groups in total. The summed E-state index contributed by atoms with van der Waals surface area (Å²) in [6.07, 6.45) is 2.51. The number of nitrogens with one attached hydrogen (secondary N) is 1. The molecule has 1 heterocycles. The highest BCUT2D eigenvalue weighted by molar-refractivity contribution is 5.76. The Kier molecular flexibility index (Phi) is 5.62. The van der Waals surface area contributed by atoms with Crippen LogP contribution in [0.3, 0.4) is 0 Å². The van der Waals surface area contributed by atoms with Crippen molar-refractivity contribution in [3.05, 3.63) is 28.8 Å². The summed E-state index contributed by atoms with van der Waals surface area (Å²) in [5, 5.41) is 3.27. The zero-order valence-electron chi connectivity index (χ0n) is 13.4. The highest BCUT2D eigenvalue weighted by Gasteiger charge is 2.15. The van der Waals surface area contributed by atoms with Gasteiger partial charge in [0.05, 0.1) is 7.11 Å². The first-order valence-corrected chi connectivity index (χ1v) is 7.75. The van der Waals surface area contributed by atoms with Crippen LogP contribution in [0, 0.1) is 13.8 Å². The van der Waals surface area contributed by atoms with Gasteiger partial charge < -0.3 is 15.0 Å². The van der Waals surface area contributed by atoms with Crippen molar-refractivity contribution in [2.45, 2.75) is 33.1 Å². The fourth-order valence-corrected chi connectivity index (χ4v) is 2.85. The first kappa shape index (κ1) is 15.8. The van der Waals surface area contributed by atoms with Gasteiger partial charge in [0, 0.05) is 32.6 Å². The van der Waals surface area contributed by atoms with E-state index < -0.39 is 0 Å². The number of hydrogen-bond acceptors (Lipinski definition) is 3. The highest BCUT2D eigenvalue weighted by atomic mass is 16.5. The molecule has 0 radical (unpaired) electrons. The largest absolute Gasteiger partial charge is 0.496 e. The van der Waals surface area contributed by atoms with Crippen LogP contribution in [0.4, 0.5) is 0 Å². The lowest BCUT2D eigenvalue weighted by Crippen LogP contribution is -2.46. The second-order valence-corrected chi connectivity index (χ2v) is 5.66. The Morgan fingerprint density at radius 2 is 1.95 bits per heavy atom. The average molecular weight is 290 g/mol. The molecule has 0 unspecified atom stereocenters. The molecule has 1 aliphatic rings. The van der Waals surface area contributed by atoms with Crippen LogP contribution >= 0.6 is 0 Å². The lowest BCUT2D eigenvalue weighted by molar-refractivity contribution is -0.131. The van der Waals surface area contributed by atoms with Crippen LogP contribution in [-0.4, -0.2) is 44.1 Å². The monoisotopic (exact) mass is 290 g/mol. The zero-order valence-corrected chi connectivity index (χ0v) is 13.4. The van der Waals surface area contributed by atoms with Crippen molar-refractivity contribution in [2.75, 3.05) is 33.3 Å². The Labute approximate surface area is 127 Å². The van der Waals surface area contributed by atoms with Crippen molar-refractivity contribution in [2.24, 2.45) is 0 Å². The van der Waals surface area contributed by atoms with Crippen molar-refractivity contribution in [3.8, 4) is 5.75 Å². The summed E-state index contributed by atoms with van der Waals surface area (Å²) in [6, 6.07) is 4.15. The number of carbonyl (C=O) groups is 1. The number of amides is 1. The Morgan fingerprint density at radius 1 is 1.24 bits per heavy atom. The van der Waals surface area contributed by atoms with Crippen molar-refractivity contribution < 1.29 is 9.53 Å². The van der Waals surface area contributed by atoms with Crippen LogP contribution in [0.2, 0.25) is 0 Å². The number of hydrogen-bond donors (Lipinski definition) is 1. The van der Waals surface area contributed by atoms with Crippen LogP contribution in [0.25, 0.3) is 0 Å². The normalized spacial score (nSPS) is 15.1. The van der Waals surface area contributed by atoms with Gasteiger partial charge in [0.25, 0.3) is 0 Å². The Bertz CT molecular complexity index is 494. The molecule has 4 nitrogen and oxygen atoms in total. The molecule has 4 heteroatoms. The number of aryl methyl sites for hydroxylation is 1. The SMILES string of the molecule is COc1ccc(CCCC(=O)N2CCNCC2)c(C)c1C. The van der Waals surface area contributed by atoms with E-state index >= 15 is 0 Å². The van der Waals surface area contributed by atoms with E-state index in [0.717, 1.165) is 44.8 Å². The van der Waals surface area contributed by atoms with Gasteiger partial charge in [0.1, 0.15) is 5.75 Å². The van der Waals surface area contributed by atoms with Gasteiger partial charge in [0.15, 0.2) is 0 Å². The van der Waals surface area contributed by atoms with E-state index in [1.54, 1.807) is 7.11 Å². The lowest BCUT2D eigenvalue weighted by Gasteiger charge is -2.27. The van der Waals surface area contributed by atoms with Crippen molar-refractivity contribution in [1.82, 2.24) is 10.2 Å². The van der Waals surface area contributed by atoms with Crippen molar-refractivity contribution in [1.29, 1.82) is 0 Å². The minimum absolute atomic E-state index is 0.291. The summed E-state index contributed by atoms with van der Waals surface area (Å²) >= 11 is 0. The van der Waals surface area contributed by atoms with E-state index in [9.17, 15) is 4.79 Å². The lowest BCUT2D eigenvalue weighted by atomic mass is 9.98. The fourth-order valence-electron chi connectivity index (χ4n) is 2.85. The topological polar surface area (TPSA) is 41.6 Å².